The molecule has 6 aromatic rings. The lowest BCUT2D eigenvalue weighted by molar-refractivity contribution is 0.0561. The van der Waals surface area contributed by atoms with Crippen LogP contribution in [0.2, 0.25) is 10.2 Å². The van der Waals surface area contributed by atoms with Crippen molar-refractivity contribution in [3.05, 3.63) is 118 Å². The van der Waals surface area contributed by atoms with Gasteiger partial charge in [0.05, 0.1) is 46.1 Å². The first kappa shape index (κ1) is 30.0. The maximum atomic E-state index is 15.4. The minimum atomic E-state index is -2.83. The highest BCUT2D eigenvalue weighted by molar-refractivity contribution is 6.31. The number of pyridine rings is 1. The van der Waals surface area contributed by atoms with Crippen molar-refractivity contribution >= 4 is 29.1 Å². The molecule has 10 nitrogen and oxygen atoms in total. The van der Waals surface area contributed by atoms with Crippen LogP contribution in [0.4, 0.5) is 17.6 Å². The molecule has 0 bridgehead atoms. The lowest BCUT2D eigenvalue weighted by Gasteiger charge is -2.17. The van der Waals surface area contributed by atoms with Gasteiger partial charge in [0.25, 0.3) is 5.91 Å². The molecule has 0 radical (unpaired) electrons. The summed E-state index contributed by atoms with van der Waals surface area (Å²) >= 11 is 12.0. The number of amides is 1. The summed E-state index contributed by atoms with van der Waals surface area (Å²) in [7, 11) is 0. The Bertz CT molecular complexity index is 2020. The molecule has 0 saturated heterocycles. The Balaban J connectivity index is 1.39. The monoisotopic (exact) mass is 655 g/mol. The average molecular weight is 656 g/mol. The van der Waals surface area contributed by atoms with Gasteiger partial charge in [-0.1, -0.05) is 40.5 Å². The molecule has 16 heteroatoms. The van der Waals surface area contributed by atoms with Gasteiger partial charge in [-0.3, -0.25) is 14.5 Å². The van der Waals surface area contributed by atoms with Crippen molar-refractivity contribution in [2.75, 3.05) is 0 Å². The summed E-state index contributed by atoms with van der Waals surface area (Å²) < 4.78 is 59.7. The Kier molecular flexibility index (Phi) is 8.08. The Morgan fingerprint density at radius 2 is 1.73 bits per heavy atom. The van der Waals surface area contributed by atoms with E-state index in [1.54, 1.807) is 24.4 Å². The zero-order valence-electron chi connectivity index (χ0n) is 22.7. The number of hydrogen-bond acceptors (Lipinski definition) is 6. The molecule has 1 unspecified atom stereocenters. The second kappa shape index (κ2) is 12.1. The van der Waals surface area contributed by atoms with Gasteiger partial charge in [-0.15, -0.1) is 5.10 Å². The predicted molar refractivity (Wildman–Crippen MR) is 156 cm³/mol. The number of carbonyl (C=O) groups excluding carboxylic acids is 1. The Hall–Kier alpha value is -5.08. The third kappa shape index (κ3) is 6.01. The molecule has 0 fully saturated rings. The summed E-state index contributed by atoms with van der Waals surface area (Å²) in [6, 6.07) is 10.9. The lowest BCUT2D eigenvalue weighted by atomic mass is 10.0. The Morgan fingerprint density at radius 3 is 2.38 bits per heavy atom. The van der Waals surface area contributed by atoms with E-state index in [-0.39, 0.29) is 27.7 Å². The standard InChI is InChI=1S/C29H19Cl2F4N9O/c30-20-4-6-23(44-14-25(31)39-41-44)26(27(20)33)16-2-5-22(37-11-16)24(10-18-7-8-42(40-18)29(34)35)43-13-17(12-38-43)15-1-3-19(28(36)45)21(32)9-15/h1-9,11-14,24,29H,10H2,(H2,36,45). The van der Waals surface area contributed by atoms with Gasteiger partial charge >= 0.3 is 6.55 Å². The second-order valence-electron chi connectivity index (χ2n) is 9.77. The van der Waals surface area contributed by atoms with E-state index in [1.165, 1.54) is 52.2 Å². The summed E-state index contributed by atoms with van der Waals surface area (Å²) in [6.07, 6.45) is 7.19. The molecular weight excluding hydrogens is 637 g/mol. The Labute approximate surface area is 261 Å². The van der Waals surface area contributed by atoms with E-state index < -0.39 is 30.1 Å². The second-order valence-corrected chi connectivity index (χ2v) is 10.6. The van der Waals surface area contributed by atoms with Gasteiger partial charge in [0, 0.05) is 41.7 Å². The minimum absolute atomic E-state index is 0.0936. The fourth-order valence-corrected chi connectivity index (χ4v) is 5.08. The van der Waals surface area contributed by atoms with Crippen molar-refractivity contribution in [3.8, 4) is 27.9 Å². The van der Waals surface area contributed by atoms with Crippen LogP contribution < -0.4 is 5.73 Å². The predicted octanol–water partition coefficient (Wildman–Crippen LogP) is 6.30. The number of rotatable bonds is 9. The maximum absolute atomic E-state index is 15.4. The van der Waals surface area contributed by atoms with Crippen LogP contribution in [0.1, 0.15) is 34.3 Å². The highest BCUT2D eigenvalue weighted by Gasteiger charge is 2.23. The first-order valence-corrected chi connectivity index (χ1v) is 13.8. The van der Waals surface area contributed by atoms with Crippen LogP contribution >= 0.6 is 23.2 Å². The minimum Gasteiger partial charge on any atom is -0.366 e. The van der Waals surface area contributed by atoms with Gasteiger partial charge in [0.1, 0.15) is 5.82 Å². The molecule has 0 saturated carbocycles. The number of alkyl halides is 2. The number of halogens is 6. The molecule has 2 N–H and O–H groups in total. The van der Waals surface area contributed by atoms with E-state index in [9.17, 15) is 18.0 Å². The van der Waals surface area contributed by atoms with E-state index in [4.69, 9.17) is 28.9 Å². The van der Waals surface area contributed by atoms with E-state index in [0.29, 0.717) is 38.4 Å². The SMILES string of the molecule is NC(=O)c1ccc(-c2cnn(C(Cc3ccn(C(F)F)n3)c3ccc(-c4c(-n5cc(Cl)nn5)ccc(Cl)c4F)cn3)c2)cc1F. The van der Waals surface area contributed by atoms with Gasteiger partial charge < -0.3 is 5.73 Å². The van der Waals surface area contributed by atoms with Gasteiger partial charge in [-0.05, 0) is 42.0 Å². The molecule has 4 aromatic heterocycles. The third-order valence-corrected chi connectivity index (χ3v) is 7.42. The maximum Gasteiger partial charge on any atom is 0.333 e. The number of aromatic nitrogens is 8. The molecule has 0 aliphatic rings. The summed E-state index contributed by atoms with van der Waals surface area (Å²) in [5, 5.41) is 16.0. The zero-order valence-corrected chi connectivity index (χ0v) is 24.2. The van der Waals surface area contributed by atoms with Crippen LogP contribution in [0.3, 0.4) is 0 Å². The fraction of sp³-hybridized carbons (Fsp3) is 0.103. The van der Waals surface area contributed by atoms with E-state index in [2.05, 4.69) is 25.5 Å². The van der Waals surface area contributed by atoms with Crippen LogP contribution in [0.15, 0.2) is 79.5 Å². The largest absolute Gasteiger partial charge is 0.366 e. The van der Waals surface area contributed by atoms with Crippen LogP contribution in [-0.2, 0) is 6.42 Å². The zero-order chi connectivity index (χ0) is 31.8. The molecule has 0 aliphatic heterocycles. The molecule has 0 aliphatic carbocycles. The van der Waals surface area contributed by atoms with Crippen molar-refractivity contribution in [2.45, 2.75) is 19.0 Å². The molecule has 45 heavy (non-hydrogen) atoms. The van der Waals surface area contributed by atoms with Crippen molar-refractivity contribution in [3.63, 3.8) is 0 Å². The number of primary amides is 1. The van der Waals surface area contributed by atoms with Crippen LogP contribution in [0.25, 0.3) is 27.9 Å². The van der Waals surface area contributed by atoms with Crippen molar-refractivity contribution in [2.24, 2.45) is 5.73 Å². The number of nitrogens with zero attached hydrogens (tertiary/aromatic N) is 8. The van der Waals surface area contributed by atoms with Crippen molar-refractivity contribution in [1.82, 2.24) is 39.5 Å². The number of carbonyl (C=O) groups is 1. The fourth-order valence-electron chi connectivity index (χ4n) is 4.80. The number of benzene rings is 2. The van der Waals surface area contributed by atoms with Gasteiger partial charge in [0.15, 0.2) is 11.0 Å². The average Bonchev–Trinajstić information content (AvgIpc) is 3.79. The quantitative estimate of drug-likeness (QED) is 0.182. The van der Waals surface area contributed by atoms with Crippen molar-refractivity contribution in [1.29, 1.82) is 0 Å². The first-order valence-electron chi connectivity index (χ1n) is 13.1. The molecule has 1 amide bonds. The molecule has 4 heterocycles. The van der Waals surface area contributed by atoms with Gasteiger partial charge in [-0.25, -0.2) is 18.1 Å². The summed E-state index contributed by atoms with van der Waals surface area (Å²) in [4.78, 5) is 16.0. The highest BCUT2D eigenvalue weighted by Crippen LogP contribution is 2.34. The number of nitrogens with two attached hydrogens (primary N) is 1. The van der Waals surface area contributed by atoms with Gasteiger partial charge in [-0.2, -0.15) is 19.0 Å². The van der Waals surface area contributed by atoms with Gasteiger partial charge in [0.2, 0.25) is 0 Å². The van der Waals surface area contributed by atoms with Crippen LogP contribution in [0, 0.1) is 11.6 Å². The van der Waals surface area contributed by atoms with Crippen LogP contribution in [-0.4, -0.2) is 45.4 Å². The third-order valence-electron chi connectivity index (χ3n) is 6.96. The topological polar surface area (TPSA) is 122 Å². The van der Waals surface area contributed by atoms with E-state index >= 15 is 4.39 Å². The van der Waals surface area contributed by atoms with Crippen molar-refractivity contribution < 1.29 is 22.4 Å². The molecular formula is C29H19Cl2F4N9O. The Morgan fingerprint density at radius 1 is 0.933 bits per heavy atom. The van der Waals surface area contributed by atoms with Crippen LogP contribution in [0.5, 0.6) is 0 Å². The number of hydrogen-bond donors (Lipinski definition) is 1. The van der Waals surface area contributed by atoms with E-state index in [0.717, 1.165) is 12.3 Å². The normalized spacial score (nSPS) is 12.2. The first-order chi connectivity index (χ1) is 21.6. The molecule has 6 rings (SSSR count). The summed E-state index contributed by atoms with van der Waals surface area (Å²) in [5.74, 6) is -2.40. The lowest BCUT2D eigenvalue weighted by Crippen LogP contribution is -2.16. The summed E-state index contributed by atoms with van der Waals surface area (Å²) in [5.41, 5.74) is 7.40. The smallest absolute Gasteiger partial charge is 0.333 e. The van der Waals surface area contributed by atoms with E-state index in [1.807, 2.05) is 0 Å². The molecule has 228 valence electrons. The molecule has 0 spiro atoms. The molecule has 1 atom stereocenters. The highest BCUT2D eigenvalue weighted by atomic mass is 35.5. The molecule has 2 aromatic carbocycles. The summed E-state index contributed by atoms with van der Waals surface area (Å²) in [6.45, 7) is -2.83.